The second kappa shape index (κ2) is 20.3. The highest BCUT2D eigenvalue weighted by Crippen LogP contribution is 2.16. The molecule has 0 bridgehead atoms. The van der Waals surface area contributed by atoms with E-state index in [0.717, 1.165) is 19.3 Å². The summed E-state index contributed by atoms with van der Waals surface area (Å²) in [6.07, 6.45) is 16.1. The van der Waals surface area contributed by atoms with Crippen molar-refractivity contribution in [1.29, 1.82) is 0 Å². The third-order valence-corrected chi connectivity index (χ3v) is 6.45. The number of hydrogen-bond donors (Lipinski definition) is 2. The minimum Gasteiger partial charge on any atom is -0.450 e. The first-order chi connectivity index (χ1) is 17.3. The molecule has 210 valence electrons. The van der Waals surface area contributed by atoms with Crippen LogP contribution in [0.5, 0.6) is 0 Å². The van der Waals surface area contributed by atoms with Crippen molar-refractivity contribution in [2.45, 2.75) is 142 Å². The maximum atomic E-state index is 12.8. The maximum absolute atomic E-state index is 12.8. The molecule has 1 aliphatic heterocycles. The molecule has 36 heavy (non-hydrogen) atoms. The van der Waals surface area contributed by atoms with Crippen LogP contribution >= 0.6 is 0 Å². The summed E-state index contributed by atoms with van der Waals surface area (Å²) in [5.41, 5.74) is 0. The van der Waals surface area contributed by atoms with Crippen molar-refractivity contribution in [3.8, 4) is 0 Å². The van der Waals surface area contributed by atoms with E-state index < -0.39 is 30.4 Å². The Morgan fingerprint density at radius 2 is 1.44 bits per heavy atom. The van der Waals surface area contributed by atoms with Crippen LogP contribution in [-0.4, -0.2) is 49.6 Å². The quantitative estimate of drug-likeness (QED) is 0.153. The van der Waals surface area contributed by atoms with E-state index in [2.05, 4.69) is 17.6 Å². The van der Waals surface area contributed by atoms with Crippen LogP contribution in [0.25, 0.3) is 0 Å². The van der Waals surface area contributed by atoms with Crippen LogP contribution in [0, 0.1) is 5.92 Å². The maximum Gasteiger partial charge on any atom is 0.407 e. The molecule has 0 saturated carbocycles. The minimum absolute atomic E-state index is 0.200. The highest BCUT2D eigenvalue weighted by atomic mass is 16.7. The number of nitrogens with one attached hydrogen (secondary N) is 2. The van der Waals surface area contributed by atoms with Gasteiger partial charge in [0, 0.05) is 6.92 Å². The van der Waals surface area contributed by atoms with Gasteiger partial charge in [-0.25, -0.2) is 4.79 Å². The molecule has 1 aliphatic rings. The number of esters is 1. The van der Waals surface area contributed by atoms with E-state index in [0.29, 0.717) is 26.1 Å². The Kier molecular flexibility index (Phi) is 18.1. The van der Waals surface area contributed by atoms with Crippen molar-refractivity contribution in [3.63, 3.8) is 0 Å². The van der Waals surface area contributed by atoms with Gasteiger partial charge in [0.2, 0.25) is 12.2 Å². The molecule has 0 aromatic carbocycles. The van der Waals surface area contributed by atoms with Crippen LogP contribution in [0.3, 0.4) is 0 Å². The molecule has 0 aliphatic carbocycles. The highest BCUT2D eigenvalue weighted by molar-refractivity contribution is 5.85. The number of carbonyl (C=O) groups is 3. The van der Waals surface area contributed by atoms with Gasteiger partial charge in [-0.05, 0) is 25.2 Å². The first-order valence-electron chi connectivity index (χ1n) is 14.4. The zero-order valence-corrected chi connectivity index (χ0v) is 23.3. The largest absolute Gasteiger partial charge is 0.450 e. The first kappa shape index (κ1) is 32.2. The zero-order valence-electron chi connectivity index (χ0n) is 23.3. The Morgan fingerprint density at radius 3 is 1.97 bits per heavy atom. The van der Waals surface area contributed by atoms with E-state index in [-0.39, 0.29) is 11.8 Å². The predicted octanol–water partition coefficient (Wildman–Crippen LogP) is 6.01. The molecule has 1 rings (SSSR count). The molecular formula is C28H52N2O6. The Bertz CT molecular complexity index is 613. The van der Waals surface area contributed by atoms with Crippen molar-refractivity contribution in [1.82, 2.24) is 10.6 Å². The molecule has 1 unspecified atom stereocenters. The molecule has 0 aromatic heterocycles. The molecule has 3 atom stereocenters. The Balaban J connectivity index is 2.17. The summed E-state index contributed by atoms with van der Waals surface area (Å²) < 4.78 is 15.8. The molecule has 8 nitrogen and oxygen atoms in total. The van der Waals surface area contributed by atoms with E-state index in [1.165, 1.54) is 71.1 Å². The van der Waals surface area contributed by atoms with Crippen molar-refractivity contribution < 1.29 is 28.6 Å². The van der Waals surface area contributed by atoms with Crippen molar-refractivity contribution in [2.75, 3.05) is 13.2 Å². The molecule has 1 heterocycles. The fourth-order valence-corrected chi connectivity index (χ4v) is 4.44. The summed E-state index contributed by atoms with van der Waals surface area (Å²) in [4.78, 5) is 36.4. The predicted molar refractivity (Wildman–Crippen MR) is 141 cm³/mol. The Morgan fingerprint density at radius 1 is 0.889 bits per heavy atom. The number of hydrogen-bond acceptors (Lipinski definition) is 6. The summed E-state index contributed by atoms with van der Waals surface area (Å²) >= 11 is 0. The van der Waals surface area contributed by atoms with Gasteiger partial charge < -0.3 is 24.8 Å². The molecule has 0 radical (unpaired) electrons. The molecule has 1 fully saturated rings. The summed E-state index contributed by atoms with van der Waals surface area (Å²) in [7, 11) is 0. The smallest absolute Gasteiger partial charge is 0.407 e. The van der Waals surface area contributed by atoms with Crippen LogP contribution in [0.4, 0.5) is 4.79 Å². The lowest BCUT2D eigenvalue weighted by Crippen LogP contribution is -2.52. The molecule has 1 saturated heterocycles. The topological polar surface area (TPSA) is 103 Å². The van der Waals surface area contributed by atoms with Crippen LogP contribution in [0.2, 0.25) is 0 Å². The summed E-state index contributed by atoms with van der Waals surface area (Å²) in [6.45, 7) is 8.28. The molecule has 0 spiro atoms. The van der Waals surface area contributed by atoms with Crippen molar-refractivity contribution in [2.24, 2.45) is 5.92 Å². The average molecular weight is 513 g/mol. The number of rotatable bonds is 20. The molecule has 2 amide bonds. The number of amides is 2. The van der Waals surface area contributed by atoms with Crippen LogP contribution in [0.15, 0.2) is 0 Å². The lowest BCUT2D eigenvalue weighted by atomic mass is 10.0. The first-order valence-corrected chi connectivity index (χ1v) is 14.4. The van der Waals surface area contributed by atoms with Gasteiger partial charge >= 0.3 is 12.1 Å². The molecule has 2 N–H and O–H groups in total. The van der Waals surface area contributed by atoms with Gasteiger partial charge in [0.05, 0.1) is 19.3 Å². The monoisotopic (exact) mass is 512 g/mol. The highest BCUT2D eigenvalue weighted by Gasteiger charge is 2.34. The normalized spacial score (nSPS) is 18.1. The second-order valence-electron chi connectivity index (χ2n) is 10.5. The zero-order chi connectivity index (χ0) is 26.6. The molecular weight excluding hydrogens is 460 g/mol. The number of carbonyl (C=O) groups excluding carboxylic acids is 3. The summed E-state index contributed by atoms with van der Waals surface area (Å²) in [5, 5.41) is 5.56. The van der Waals surface area contributed by atoms with Gasteiger partial charge in [0.15, 0.2) is 0 Å². The van der Waals surface area contributed by atoms with E-state index in [1.54, 1.807) is 0 Å². The Labute approximate surface area is 219 Å². The van der Waals surface area contributed by atoms with Crippen molar-refractivity contribution >= 4 is 18.0 Å². The number of ether oxygens (including phenoxy) is 3. The van der Waals surface area contributed by atoms with Gasteiger partial charge in [0.25, 0.3) is 0 Å². The number of unbranched alkanes of at least 4 members (excludes halogenated alkanes) is 12. The number of alkyl carbamates (subject to hydrolysis) is 1. The van der Waals surface area contributed by atoms with Crippen LogP contribution in [-0.2, 0) is 23.8 Å². The average Bonchev–Trinajstić information content (AvgIpc) is 3.24. The molecule has 8 heteroatoms. The van der Waals surface area contributed by atoms with Gasteiger partial charge in [-0.1, -0.05) is 97.8 Å². The summed E-state index contributed by atoms with van der Waals surface area (Å²) in [5.74, 6) is -0.588. The fourth-order valence-electron chi connectivity index (χ4n) is 4.44. The van der Waals surface area contributed by atoms with Crippen LogP contribution < -0.4 is 10.6 Å². The van der Waals surface area contributed by atoms with Gasteiger partial charge in [-0.15, -0.1) is 0 Å². The minimum atomic E-state index is -0.798. The molecule has 0 aromatic rings. The third kappa shape index (κ3) is 16.0. The van der Waals surface area contributed by atoms with Gasteiger partial charge in [-0.3, -0.25) is 9.59 Å². The van der Waals surface area contributed by atoms with Crippen LogP contribution in [0.1, 0.15) is 124 Å². The van der Waals surface area contributed by atoms with Gasteiger partial charge in [0.1, 0.15) is 6.04 Å². The third-order valence-electron chi connectivity index (χ3n) is 6.45. The lowest BCUT2D eigenvalue weighted by molar-refractivity contribution is -0.170. The second-order valence-corrected chi connectivity index (χ2v) is 10.5. The van der Waals surface area contributed by atoms with Crippen molar-refractivity contribution in [3.05, 3.63) is 0 Å². The van der Waals surface area contributed by atoms with E-state index >= 15 is 0 Å². The van der Waals surface area contributed by atoms with E-state index in [4.69, 9.17) is 14.2 Å². The van der Waals surface area contributed by atoms with E-state index in [1.807, 2.05) is 13.8 Å². The SMILES string of the molecule is CCCCCCCCCCCCCCCOC(=O)NC(CC(C)C)C(=O)N[C@H]1CCO[C@H]1OC(C)=O. The van der Waals surface area contributed by atoms with E-state index in [9.17, 15) is 14.4 Å². The standard InChI is InChI=1S/C28H52N2O6/c1-5-6-7-8-9-10-11-12-13-14-15-16-17-19-35-28(33)30-25(21-22(2)3)26(32)29-24-18-20-34-27(24)36-23(4)31/h22,24-25,27H,5-21H2,1-4H3,(H,29,32)(H,30,33)/t24-,25?,27-/m0/s1. The Hall–Kier alpha value is -1.83. The fraction of sp³-hybridized carbons (Fsp3) is 0.893. The summed E-state index contributed by atoms with van der Waals surface area (Å²) in [6, 6.07) is -1.15. The van der Waals surface area contributed by atoms with Gasteiger partial charge in [-0.2, -0.15) is 0 Å². The lowest BCUT2D eigenvalue weighted by Gasteiger charge is -2.24.